The van der Waals surface area contributed by atoms with Gasteiger partial charge in [-0.2, -0.15) is 0 Å². The van der Waals surface area contributed by atoms with E-state index in [1.807, 2.05) is 6.07 Å². The fourth-order valence-corrected chi connectivity index (χ4v) is 2.86. The lowest BCUT2D eigenvalue weighted by Gasteiger charge is -2.34. The second-order valence-corrected chi connectivity index (χ2v) is 6.27. The second-order valence-electron chi connectivity index (χ2n) is 6.27. The fourth-order valence-electron chi connectivity index (χ4n) is 2.86. The Balaban J connectivity index is 1.62. The van der Waals surface area contributed by atoms with Gasteiger partial charge < -0.3 is 15.1 Å². The van der Waals surface area contributed by atoms with Crippen LogP contribution in [0, 0.1) is 0 Å². The molecule has 0 radical (unpaired) electrons. The minimum absolute atomic E-state index is 0.00695. The van der Waals surface area contributed by atoms with Gasteiger partial charge in [0.2, 0.25) is 5.91 Å². The quantitative estimate of drug-likeness (QED) is 0.859. The molecule has 0 bridgehead atoms. The van der Waals surface area contributed by atoms with Crippen molar-refractivity contribution in [3.63, 3.8) is 0 Å². The third kappa shape index (κ3) is 4.66. The van der Waals surface area contributed by atoms with Crippen molar-refractivity contribution < 1.29 is 14.4 Å². The van der Waals surface area contributed by atoms with Crippen molar-refractivity contribution in [1.29, 1.82) is 0 Å². The highest BCUT2D eigenvalue weighted by atomic mass is 16.2. The average molecular weight is 367 g/mol. The summed E-state index contributed by atoms with van der Waals surface area (Å²) in [4.78, 5) is 47.9. The Morgan fingerprint density at radius 1 is 1.07 bits per heavy atom. The molecule has 0 saturated carbocycles. The summed E-state index contributed by atoms with van der Waals surface area (Å²) in [6.45, 7) is 3.80. The lowest BCUT2D eigenvalue weighted by Crippen LogP contribution is -2.50. The van der Waals surface area contributed by atoms with Crippen molar-refractivity contribution in [3.05, 3.63) is 59.7 Å². The summed E-state index contributed by atoms with van der Waals surface area (Å²) >= 11 is 0. The zero-order valence-corrected chi connectivity index (χ0v) is 15.1. The number of hydrogen-bond acceptors (Lipinski definition) is 5. The molecule has 0 aliphatic carbocycles. The number of hydrogen-bond donors (Lipinski definition) is 1. The van der Waals surface area contributed by atoms with Gasteiger partial charge in [0.05, 0.1) is 0 Å². The Labute approximate surface area is 157 Å². The first-order valence-electron chi connectivity index (χ1n) is 8.72. The molecule has 1 saturated heterocycles. The van der Waals surface area contributed by atoms with Crippen LogP contribution in [-0.4, -0.2) is 63.7 Å². The molecule has 1 N–H and O–H groups in total. The van der Waals surface area contributed by atoms with Gasteiger partial charge in [0.15, 0.2) is 0 Å². The van der Waals surface area contributed by atoms with E-state index < -0.39 is 0 Å². The highest BCUT2D eigenvalue weighted by Gasteiger charge is 2.24. The number of amides is 3. The van der Waals surface area contributed by atoms with Gasteiger partial charge >= 0.3 is 0 Å². The lowest BCUT2D eigenvalue weighted by atomic mass is 10.2. The van der Waals surface area contributed by atoms with Crippen LogP contribution in [0.25, 0.3) is 0 Å². The minimum atomic E-state index is -0.281. The van der Waals surface area contributed by atoms with Crippen LogP contribution in [0.1, 0.15) is 33.3 Å². The zero-order valence-electron chi connectivity index (χ0n) is 15.1. The molecular weight excluding hydrogens is 346 g/mol. The van der Waals surface area contributed by atoms with Crippen molar-refractivity contribution in [2.24, 2.45) is 0 Å². The summed E-state index contributed by atoms with van der Waals surface area (Å²) in [5.41, 5.74) is 1.49. The van der Waals surface area contributed by atoms with Crippen LogP contribution in [0.3, 0.4) is 0 Å². The third-order valence-corrected chi connectivity index (χ3v) is 4.43. The minimum Gasteiger partial charge on any atom is -0.348 e. The van der Waals surface area contributed by atoms with Crippen molar-refractivity contribution >= 4 is 17.7 Å². The Kier molecular flexibility index (Phi) is 5.75. The highest BCUT2D eigenvalue weighted by molar-refractivity contribution is 5.98. The van der Waals surface area contributed by atoms with Crippen molar-refractivity contribution in [2.45, 2.75) is 13.5 Å². The molecule has 0 unspecified atom stereocenters. The lowest BCUT2D eigenvalue weighted by molar-refractivity contribution is -0.130. The van der Waals surface area contributed by atoms with Crippen LogP contribution in [0.5, 0.6) is 0 Å². The van der Waals surface area contributed by atoms with Crippen LogP contribution in [0.4, 0.5) is 0 Å². The Morgan fingerprint density at radius 3 is 2.48 bits per heavy atom. The molecule has 1 aliphatic heterocycles. The van der Waals surface area contributed by atoms with Crippen LogP contribution in [0.2, 0.25) is 0 Å². The third-order valence-electron chi connectivity index (χ3n) is 4.43. The standard InChI is InChI=1S/C19H21N5O3/c1-14(25)23-7-9-24(10-8-23)19(27)17-11-16(4-6-21-17)18(26)22-13-15-3-2-5-20-12-15/h2-6,11-12H,7-10,13H2,1H3,(H,22,26). The van der Waals surface area contributed by atoms with E-state index in [0.29, 0.717) is 38.3 Å². The number of rotatable bonds is 4. The topological polar surface area (TPSA) is 95.5 Å². The number of pyridine rings is 2. The van der Waals surface area contributed by atoms with E-state index in [0.717, 1.165) is 5.56 Å². The molecule has 3 heterocycles. The highest BCUT2D eigenvalue weighted by Crippen LogP contribution is 2.09. The molecule has 0 spiro atoms. The van der Waals surface area contributed by atoms with Crippen molar-refractivity contribution in [2.75, 3.05) is 26.2 Å². The summed E-state index contributed by atoms with van der Waals surface area (Å²) in [7, 11) is 0. The molecule has 0 aromatic carbocycles. The normalized spacial score (nSPS) is 14.0. The molecule has 2 aromatic rings. The molecule has 1 fully saturated rings. The second kappa shape index (κ2) is 8.39. The molecule has 8 heteroatoms. The molecule has 2 aromatic heterocycles. The summed E-state index contributed by atoms with van der Waals surface area (Å²) in [6.07, 6.45) is 4.81. The van der Waals surface area contributed by atoms with Crippen molar-refractivity contribution in [3.8, 4) is 0 Å². The number of nitrogens with zero attached hydrogens (tertiary/aromatic N) is 4. The first kappa shape index (κ1) is 18.5. The number of carbonyl (C=O) groups excluding carboxylic acids is 3. The molecule has 0 atom stereocenters. The molecule has 3 amide bonds. The number of nitrogens with one attached hydrogen (secondary N) is 1. The largest absolute Gasteiger partial charge is 0.348 e. The molecular formula is C19H21N5O3. The summed E-state index contributed by atoms with van der Waals surface area (Å²) in [5.74, 6) is -0.510. The zero-order chi connectivity index (χ0) is 19.2. The number of aromatic nitrogens is 2. The Bertz CT molecular complexity index is 832. The van der Waals surface area contributed by atoms with E-state index in [4.69, 9.17) is 0 Å². The summed E-state index contributed by atoms with van der Waals surface area (Å²) < 4.78 is 0. The first-order valence-corrected chi connectivity index (χ1v) is 8.72. The monoisotopic (exact) mass is 367 g/mol. The SMILES string of the molecule is CC(=O)N1CCN(C(=O)c2cc(C(=O)NCc3cccnc3)ccn2)CC1. The average Bonchev–Trinajstić information content (AvgIpc) is 2.72. The van der Waals surface area contributed by atoms with Gasteiger partial charge in [-0.1, -0.05) is 6.07 Å². The molecule has 1 aliphatic rings. The number of carbonyl (C=O) groups is 3. The smallest absolute Gasteiger partial charge is 0.272 e. The van der Waals surface area contributed by atoms with Crippen LogP contribution < -0.4 is 5.32 Å². The first-order chi connectivity index (χ1) is 13.0. The van der Waals surface area contributed by atoms with E-state index in [9.17, 15) is 14.4 Å². The Morgan fingerprint density at radius 2 is 1.81 bits per heavy atom. The van der Waals surface area contributed by atoms with Gasteiger partial charge in [0.25, 0.3) is 11.8 Å². The number of piperazine rings is 1. The van der Waals surface area contributed by atoms with E-state index in [-0.39, 0.29) is 23.4 Å². The van der Waals surface area contributed by atoms with Crippen LogP contribution in [0.15, 0.2) is 42.9 Å². The van der Waals surface area contributed by atoms with Gasteiger partial charge in [-0.15, -0.1) is 0 Å². The molecule has 27 heavy (non-hydrogen) atoms. The molecule has 8 nitrogen and oxygen atoms in total. The van der Waals surface area contributed by atoms with Gasteiger partial charge in [0.1, 0.15) is 5.69 Å². The van der Waals surface area contributed by atoms with Gasteiger partial charge in [-0.05, 0) is 23.8 Å². The van der Waals surface area contributed by atoms with E-state index >= 15 is 0 Å². The summed E-state index contributed by atoms with van der Waals surface area (Å²) in [5, 5.41) is 2.80. The maximum absolute atomic E-state index is 12.7. The summed E-state index contributed by atoms with van der Waals surface area (Å²) in [6, 6.07) is 6.74. The van der Waals surface area contributed by atoms with E-state index in [1.54, 1.807) is 34.3 Å². The predicted octanol–water partition coefficient (Wildman–Crippen LogP) is 0.711. The maximum atomic E-state index is 12.7. The fraction of sp³-hybridized carbons (Fsp3) is 0.316. The van der Waals surface area contributed by atoms with E-state index in [1.165, 1.54) is 19.2 Å². The van der Waals surface area contributed by atoms with Gasteiger partial charge in [0, 0.05) is 63.8 Å². The van der Waals surface area contributed by atoms with Crippen molar-refractivity contribution in [1.82, 2.24) is 25.1 Å². The van der Waals surface area contributed by atoms with Crippen LogP contribution >= 0.6 is 0 Å². The predicted molar refractivity (Wildman–Crippen MR) is 97.8 cm³/mol. The van der Waals surface area contributed by atoms with Gasteiger partial charge in [-0.25, -0.2) is 0 Å². The maximum Gasteiger partial charge on any atom is 0.272 e. The van der Waals surface area contributed by atoms with E-state index in [2.05, 4.69) is 15.3 Å². The van der Waals surface area contributed by atoms with Crippen LogP contribution in [-0.2, 0) is 11.3 Å². The molecule has 140 valence electrons. The molecule has 3 rings (SSSR count). The van der Waals surface area contributed by atoms with Gasteiger partial charge in [-0.3, -0.25) is 24.4 Å². The Hall–Kier alpha value is -3.29.